The van der Waals surface area contributed by atoms with E-state index in [1.165, 1.54) is 48.0 Å². The molecule has 2 aromatic carbocycles. The molecule has 1 unspecified atom stereocenters. The van der Waals surface area contributed by atoms with Gasteiger partial charge < -0.3 is 15.3 Å². The molecule has 178 valence electrons. The number of carbonyl (C=O) groups excluding carboxylic acids is 2. The zero-order valence-corrected chi connectivity index (χ0v) is 18.6. The highest BCUT2D eigenvalue weighted by Gasteiger charge is 2.36. The second kappa shape index (κ2) is 10.6. The summed E-state index contributed by atoms with van der Waals surface area (Å²) in [5.41, 5.74) is 2.41. The zero-order valence-electron chi connectivity index (χ0n) is 17.7. The highest BCUT2D eigenvalue weighted by atomic mass is 32.2. The van der Waals surface area contributed by atoms with Crippen LogP contribution in [0.4, 0.5) is 0 Å². The molecule has 1 aromatic heterocycles. The van der Waals surface area contributed by atoms with Crippen molar-refractivity contribution in [3.8, 4) is 5.88 Å². The predicted molar refractivity (Wildman–Crippen MR) is 115 cm³/mol. The van der Waals surface area contributed by atoms with E-state index in [-0.39, 0.29) is 16.3 Å². The average molecular weight is 488 g/mol. The molecule has 1 atom stereocenters. The quantitative estimate of drug-likeness (QED) is 0.171. The monoisotopic (exact) mass is 488 g/mol. The molecule has 2 amide bonds. The maximum atomic E-state index is 12.8. The van der Waals surface area contributed by atoms with Gasteiger partial charge in [-0.3, -0.25) is 19.4 Å². The van der Waals surface area contributed by atoms with Crippen molar-refractivity contribution in [2.75, 3.05) is 6.54 Å². The Morgan fingerprint density at radius 3 is 2.53 bits per heavy atom. The van der Waals surface area contributed by atoms with Crippen LogP contribution in [-0.2, 0) is 14.6 Å². The summed E-state index contributed by atoms with van der Waals surface area (Å²) in [6.45, 7) is 1.51. The van der Waals surface area contributed by atoms with Crippen molar-refractivity contribution in [2.45, 2.75) is 22.9 Å². The first-order valence-corrected chi connectivity index (χ1v) is 11.3. The molecule has 1 heterocycles. The van der Waals surface area contributed by atoms with Gasteiger partial charge in [-0.2, -0.15) is 0 Å². The first-order valence-electron chi connectivity index (χ1n) is 9.79. The summed E-state index contributed by atoms with van der Waals surface area (Å²) in [6.07, 6.45) is 1.80. The Labute approximate surface area is 193 Å². The molecule has 34 heavy (non-hydrogen) atoms. The number of aromatic nitrogens is 2. The van der Waals surface area contributed by atoms with Crippen molar-refractivity contribution in [1.29, 1.82) is 0 Å². The van der Waals surface area contributed by atoms with Gasteiger partial charge in [0.2, 0.25) is 0 Å². The SMILES string of the molecule is CC(CNC(=O)c1ccc(/C=C/C(=O)NO)cc1)Oc1no[n+]([O-])c1S(=O)(=O)c1ccccc1. The van der Waals surface area contributed by atoms with Crippen LogP contribution < -0.4 is 20.4 Å². The standard InChI is InChI=1S/C21H20N4O8S/c1-14(13-22-19(27)16-10-7-15(8-11-16)9-12-18(26)23-28)32-20-21(25(29)33-24-20)34(30,31)17-5-3-2-4-6-17/h2-12,14,28H,13H2,1H3,(H,22,27)(H,23,26)/b12-9+. The minimum Gasteiger partial charge on any atom is -0.450 e. The number of ether oxygens (including phenoxy) is 1. The highest BCUT2D eigenvalue weighted by molar-refractivity contribution is 7.91. The predicted octanol–water partition coefficient (Wildman–Crippen LogP) is 0.857. The summed E-state index contributed by atoms with van der Waals surface area (Å²) in [5, 5.41) is 25.6. The van der Waals surface area contributed by atoms with E-state index in [9.17, 15) is 23.2 Å². The number of benzene rings is 2. The van der Waals surface area contributed by atoms with Crippen molar-refractivity contribution in [3.05, 3.63) is 77.0 Å². The number of hydrogen-bond donors (Lipinski definition) is 3. The number of hydrogen-bond acceptors (Lipinski definition) is 9. The Morgan fingerprint density at radius 1 is 1.21 bits per heavy atom. The molecule has 3 aromatic rings. The molecular formula is C21H20N4O8S. The molecule has 0 saturated carbocycles. The van der Waals surface area contributed by atoms with Crippen LogP contribution in [0.15, 0.2) is 75.2 Å². The summed E-state index contributed by atoms with van der Waals surface area (Å²) >= 11 is 0. The second-order valence-corrected chi connectivity index (χ2v) is 8.79. The molecule has 0 aliphatic carbocycles. The summed E-state index contributed by atoms with van der Waals surface area (Å²) in [6, 6.07) is 13.5. The Balaban J connectivity index is 1.63. The van der Waals surface area contributed by atoms with E-state index < -0.39 is 38.7 Å². The number of sulfone groups is 1. The molecule has 0 radical (unpaired) electrons. The van der Waals surface area contributed by atoms with E-state index in [0.29, 0.717) is 11.1 Å². The Hall–Kier alpha value is -4.23. The lowest BCUT2D eigenvalue weighted by atomic mass is 10.1. The Morgan fingerprint density at radius 2 is 1.88 bits per heavy atom. The molecule has 0 fully saturated rings. The van der Waals surface area contributed by atoms with Crippen LogP contribution in [-0.4, -0.2) is 43.2 Å². The zero-order chi connectivity index (χ0) is 24.7. The first-order chi connectivity index (χ1) is 16.2. The summed E-state index contributed by atoms with van der Waals surface area (Å²) in [5.74, 6) is -1.65. The Bertz CT molecular complexity index is 1290. The number of nitrogens with zero attached hydrogens (tertiary/aromatic N) is 2. The fraction of sp³-hybridized carbons (Fsp3) is 0.143. The maximum absolute atomic E-state index is 12.8. The van der Waals surface area contributed by atoms with Gasteiger partial charge in [-0.15, -0.1) is 0 Å². The molecule has 12 nitrogen and oxygen atoms in total. The van der Waals surface area contributed by atoms with Crippen molar-refractivity contribution >= 4 is 27.7 Å². The van der Waals surface area contributed by atoms with Gasteiger partial charge in [0.1, 0.15) is 6.10 Å². The topological polar surface area (TPSA) is 175 Å². The molecule has 0 bridgehead atoms. The Kier molecular flexibility index (Phi) is 7.60. The molecule has 13 heteroatoms. The lowest BCUT2D eigenvalue weighted by Crippen LogP contribution is -2.35. The molecule has 3 rings (SSSR count). The van der Waals surface area contributed by atoms with E-state index in [4.69, 9.17) is 9.94 Å². The van der Waals surface area contributed by atoms with Crippen LogP contribution in [0.3, 0.4) is 0 Å². The third-order valence-corrected chi connectivity index (χ3v) is 6.15. The average Bonchev–Trinajstić information content (AvgIpc) is 3.22. The van der Waals surface area contributed by atoms with Crippen molar-refractivity contribution < 1.29 is 37.5 Å². The maximum Gasteiger partial charge on any atom is 0.415 e. The lowest BCUT2D eigenvalue weighted by Gasteiger charge is -2.12. The minimum absolute atomic E-state index is 0.0340. The van der Waals surface area contributed by atoms with E-state index in [1.54, 1.807) is 25.1 Å². The lowest BCUT2D eigenvalue weighted by molar-refractivity contribution is -0.832. The van der Waals surface area contributed by atoms with Gasteiger partial charge in [-0.05, 0) is 47.7 Å². The van der Waals surface area contributed by atoms with Gasteiger partial charge in [0.25, 0.3) is 21.7 Å². The molecule has 0 aliphatic rings. The van der Waals surface area contributed by atoms with Crippen molar-refractivity contribution in [2.24, 2.45) is 0 Å². The number of hydroxylamine groups is 1. The van der Waals surface area contributed by atoms with Crippen LogP contribution in [0.5, 0.6) is 5.88 Å². The molecular weight excluding hydrogens is 468 g/mol. The molecule has 0 spiro atoms. The number of carbonyl (C=O) groups is 2. The third-order valence-electron chi connectivity index (χ3n) is 4.43. The van der Waals surface area contributed by atoms with Gasteiger partial charge in [-0.1, -0.05) is 30.3 Å². The third kappa shape index (κ3) is 5.76. The molecule has 3 N–H and O–H groups in total. The van der Waals surface area contributed by atoms with Gasteiger partial charge in [0, 0.05) is 11.6 Å². The van der Waals surface area contributed by atoms with Crippen LogP contribution in [0.25, 0.3) is 6.08 Å². The minimum atomic E-state index is -4.26. The van der Waals surface area contributed by atoms with Gasteiger partial charge in [-0.25, -0.2) is 13.9 Å². The van der Waals surface area contributed by atoms with Crippen LogP contribution in [0, 0.1) is 5.21 Å². The second-order valence-electron chi connectivity index (χ2n) is 6.93. The smallest absolute Gasteiger partial charge is 0.415 e. The van der Waals surface area contributed by atoms with Gasteiger partial charge in [0.05, 0.1) is 16.6 Å². The summed E-state index contributed by atoms with van der Waals surface area (Å²) in [4.78, 5) is 23.0. The van der Waals surface area contributed by atoms with E-state index >= 15 is 0 Å². The fourth-order valence-corrected chi connectivity index (χ4v) is 4.03. The number of nitrogens with one attached hydrogen (secondary N) is 2. The highest BCUT2D eigenvalue weighted by Crippen LogP contribution is 2.25. The first kappa shape index (κ1) is 24.4. The van der Waals surface area contributed by atoms with Crippen molar-refractivity contribution in [3.63, 3.8) is 0 Å². The largest absolute Gasteiger partial charge is 0.450 e. The number of rotatable bonds is 9. The fourth-order valence-electron chi connectivity index (χ4n) is 2.75. The van der Waals surface area contributed by atoms with E-state index in [1.807, 2.05) is 0 Å². The molecule has 0 aliphatic heterocycles. The normalized spacial score (nSPS) is 12.3. The van der Waals surface area contributed by atoms with Gasteiger partial charge >= 0.3 is 10.9 Å². The van der Waals surface area contributed by atoms with Crippen LogP contribution in [0.2, 0.25) is 0 Å². The van der Waals surface area contributed by atoms with Crippen LogP contribution >= 0.6 is 0 Å². The number of amides is 2. The van der Waals surface area contributed by atoms with Crippen molar-refractivity contribution in [1.82, 2.24) is 16.0 Å². The summed E-state index contributed by atoms with van der Waals surface area (Å²) < 4.78 is 35.5. The van der Waals surface area contributed by atoms with Gasteiger partial charge in [0.15, 0.2) is 0 Å². The van der Waals surface area contributed by atoms with E-state index in [2.05, 4.69) is 15.1 Å². The summed E-state index contributed by atoms with van der Waals surface area (Å²) in [7, 11) is -4.26. The van der Waals surface area contributed by atoms with Crippen LogP contribution in [0.1, 0.15) is 22.8 Å². The molecule has 0 saturated heterocycles. The van der Waals surface area contributed by atoms with E-state index in [0.717, 1.165) is 6.08 Å².